The number of benzene rings is 2. The van der Waals surface area contributed by atoms with Crippen molar-refractivity contribution in [3.8, 4) is 5.75 Å². The number of carbonyl (C=O) groups is 1. The Morgan fingerprint density at radius 3 is 2.61 bits per heavy atom. The van der Waals surface area contributed by atoms with Gasteiger partial charge >= 0.3 is 0 Å². The van der Waals surface area contributed by atoms with Crippen molar-refractivity contribution in [3.05, 3.63) is 59.7 Å². The van der Waals surface area contributed by atoms with E-state index in [-0.39, 0.29) is 5.91 Å². The lowest BCUT2D eigenvalue weighted by Crippen LogP contribution is -2.28. The van der Waals surface area contributed by atoms with E-state index >= 15 is 0 Å². The molecule has 1 amide bonds. The lowest BCUT2D eigenvalue weighted by molar-refractivity contribution is -0.120. The summed E-state index contributed by atoms with van der Waals surface area (Å²) in [5, 5.41) is 2.88. The van der Waals surface area contributed by atoms with Crippen LogP contribution < -0.4 is 10.1 Å². The first-order chi connectivity index (χ1) is 11.1. The monoisotopic (exact) mass is 329 g/mol. The number of aryl methyl sites for hydroxylation is 2. The van der Waals surface area contributed by atoms with Gasteiger partial charge in [0.05, 0.1) is 6.54 Å². The van der Waals surface area contributed by atoms with Crippen LogP contribution in [0.15, 0.2) is 53.4 Å². The summed E-state index contributed by atoms with van der Waals surface area (Å²) >= 11 is 1.72. The van der Waals surface area contributed by atoms with Crippen molar-refractivity contribution in [2.45, 2.75) is 25.2 Å². The zero-order valence-electron chi connectivity index (χ0n) is 13.7. The molecule has 0 radical (unpaired) electrons. The van der Waals surface area contributed by atoms with Gasteiger partial charge in [-0.3, -0.25) is 4.79 Å². The van der Waals surface area contributed by atoms with Crippen LogP contribution in [-0.2, 0) is 4.79 Å². The van der Waals surface area contributed by atoms with Gasteiger partial charge in [-0.15, -0.1) is 11.8 Å². The molecule has 2 aromatic carbocycles. The van der Waals surface area contributed by atoms with Crippen molar-refractivity contribution in [1.29, 1.82) is 0 Å². The Kier molecular flexibility index (Phi) is 7.01. The fourth-order valence-electron chi connectivity index (χ4n) is 2.03. The molecule has 0 fully saturated rings. The predicted molar refractivity (Wildman–Crippen MR) is 96.2 cm³/mol. The van der Waals surface area contributed by atoms with Crippen LogP contribution in [0.5, 0.6) is 5.75 Å². The molecule has 0 spiro atoms. The van der Waals surface area contributed by atoms with Crippen LogP contribution in [-0.4, -0.2) is 24.8 Å². The molecule has 0 aliphatic rings. The molecule has 0 saturated heterocycles. The lowest BCUT2D eigenvalue weighted by atomic mass is 10.1. The van der Waals surface area contributed by atoms with Crippen LogP contribution in [0.25, 0.3) is 0 Å². The van der Waals surface area contributed by atoms with Gasteiger partial charge < -0.3 is 10.1 Å². The third kappa shape index (κ3) is 6.37. The average molecular weight is 329 g/mol. The van der Waals surface area contributed by atoms with E-state index in [1.165, 1.54) is 16.0 Å². The van der Waals surface area contributed by atoms with Crippen molar-refractivity contribution in [2.75, 3.05) is 18.9 Å². The van der Waals surface area contributed by atoms with Crippen molar-refractivity contribution < 1.29 is 9.53 Å². The topological polar surface area (TPSA) is 38.3 Å². The first-order valence-electron chi connectivity index (χ1n) is 7.80. The van der Waals surface area contributed by atoms with Gasteiger partial charge in [0.15, 0.2) is 0 Å². The van der Waals surface area contributed by atoms with Gasteiger partial charge in [-0.25, -0.2) is 0 Å². The highest BCUT2D eigenvalue weighted by Crippen LogP contribution is 2.21. The van der Waals surface area contributed by atoms with Crippen LogP contribution in [0, 0.1) is 13.8 Å². The summed E-state index contributed by atoms with van der Waals surface area (Å²) < 4.78 is 5.53. The van der Waals surface area contributed by atoms with Gasteiger partial charge in [0.2, 0.25) is 5.91 Å². The smallest absolute Gasteiger partial charge is 0.220 e. The van der Waals surface area contributed by atoms with Crippen LogP contribution in [0.2, 0.25) is 0 Å². The third-order valence-electron chi connectivity index (χ3n) is 3.51. The Balaban J connectivity index is 1.59. The van der Waals surface area contributed by atoms with E-state index in [4.69, 9.17) is 4.74 Å². The van der Waals surface area contributed by atoms with E-state index < -0.39 is 0 Å². The van der Waals surface area contributed by atoms with Crippen LogP contribution in [0.1, 0.15) is 17.5 Å². The van der Waals surface area contributed by atoms with Gasteiger partial charge in [-0.05, 0) is 49.2 Å². The highest BCUT2D eigenvalue weighted by Gasteiger charge is 2.03. The lowest BCUT2D eigenvalue weighted by Gasteiger charge is -2.08. The molecule has 0 unspecified atom stereocenters. The number of hydrogen-bond acceptors (Lipinski definition) is 3. The van der Waals surface area contributed by atoms with Gasteiger partial charge in [0, 0.05) is 17.1 Å². The van der Waals surface area contributed by atoms with Gasteiger partial charge in [0.1, 0.15) is 12.4 Å². The summed E-state index contributed by atoms with van der Waals surface area (Å²) in [5.41, 5.74) is 2.59. The molecule has 0 atom stereocenters. The standard InChI is InChI=1S/C19H23NO2S/c1-15-8-9-18(14-16(15)2)23-13-10-19(21)20-11-12-22-17-6-4-3-5-7-17/h3-9,14H,10-13H2,1-2H3,(H,20,21). The zero-order valence-corrected chi connectivity index (χ0v) is 14.5. The molecule has 2 aromatic rings. The third-order valence-corrected chi connectivity index (χ3v) is 4.51. The second kappa shape index (κ2) is 9.26. The minimum atomic E-state index is 0.0676. The van der Waals surface area contributed by atoms with E-state index in [9.17, 15) is 4.79 Å². The highest BCUT2D eigenvalue weighted by atomic mass is 32.2. The molecule has 122 valence electrons. The molecule has 0 heterocycles. The maximum Gasteiger partial charge on any atom is 0.220 e. The van der Waals surface area contributed by atoms with E-state index in [0.29, 0.717) is 19.6 Å². The SMILES string of the molecule is Cc1ccc(SCCC(=O)NCCOc2ccccc2)cc1C. The zero-order chi connectivity index (χ0) is 16.5. The summed E-state index contributed by atoms with van der Waals surface area (Å²) in [4.78, 5) is 13.0. The number of hydrogen-bond donors (Lipinski definition) is 1. The Morgan fingerprint density at radius 1 is 1.09 bits per heavy atom. The summed E-state index contributed by atoms with van der Waals surface area (Å²) in [6, 6.07) is 16.0. The first-order valence-corrected chi connectivity index (χ1v) is 8.78. The summed E-state index contributed by atoms with van der Waals surface area (Å²) in [6.07, 6.45) is 0.517. The number of thioether (sulfide) groups is 1. The van der Waals surface area contributed by atoms with Crippen molar-refractivity contribution in [3.63, 3.8) is 0 Å². The normalized spacial score (nSPS) is 10.3. The molecular formula is C19H23NO2S. The Bertz CT molecular complexity index is 629. The minimum Gasteiger partial charge on any atom is -0.492 e. The largest absolute Gasteiger partial charge is 0.492 e. The molecule has 1 N–H and O–H groups in total. The van der Waals surface area contributed by atoms with Crippen LogP contribution >= 0.6 is 11.8 Å². The highest BCUT2D eigenvalue weighted by molar-refractivity contribution is 7.99. The van der Waals surface area contributed by atoms with E-state index in [2.05, 4.69) is 37.4 Å². The first kappa shape index (κ1) is 17.4. The number of rotatable bonds is 8. The van der Waals surface area contributed by atoms with E-state index in [1.807, 2.05) is 30.3 Å². The molecule has 0 aliphatic carbocycles. The summed E-state index contributed by atoms with van der Waals surface area (Å²) in [7, 11) is 0. The molecule has 0 aliphatic heterocycles. The average Bonchev–Trinajstić information content (AvgIpc) is 2.56. The number of carbonyl (C=O) groups excluding carboxylic acids is 1. The fraction of sp³-hybridized carbons (Fsp3) is 0.316. The molecule has 4 heteroatoms. The van der Waals surface area contributed by atoms with E-state index in [0.717, 1.165) is 11.5 Å². The molecule has 0 bridgehead atoms. The second-order valence-electron chi connectivity index (χ2n) is 5.36. The molecule has 3 nitrogen and oxygen atoms in total. The fourth-order valence-corrected chi connectivity index (χ4v) is 2.98. The quantitative estimate of drug-likeness (QED) is 0.588. The maximum absolute atomic E-state index is 11.8. The van der Waals surface area contributed by atoms with Gasteiger partial charge in [-0.1, -0.05) is 24.3 Å². The van der Waals surface area contributed by atoms with Gasteiger partial charge in [0.25, 0.3) is 0 Å². The Hall–Kier alpha value is -1.94. The summed E-state index contributed by atoms with van der Waals surface area (Å²) in [5.74, 6) is 1.68. The summed E-state index contributed by atoms with van der Waals surface area (Å²) in [6.45, 7) is 5.23. The Labute approximate surface area is 142 Å². The predicted octanol–water partition coefficient (Wildman–Crippen LogP) is 3.98. The minimum absolute atomic E-state index is 0.0676. The number of amides is 1. The molecule has 0 aromatic heterocycles. The van der Waals surface area contributed by atoms with Crippen LogP contribution in [0.4, 0.5) is 0 Å². The van der Waals surface area contributed by atoms with Crippen molar-refractivity contribution in [1.82, 2.24) is 5.32 Å². The maximum atomic E-state index is 11.8. The number of nitrogens with one attached hydrogen (secondary N) is 1. The van der Waals surface area contributed by atoms with Gasteiger partial charge in [-0.2, -0.15) is 0 Å². The van der Waals surface area contributed by atoms with E-state index in [1.54, 1.807) is 11.8 Å². The molecule has 23 heavy (non-hydrogen) atoms. The molecule has 0 saturated carbocycles. The van der Waals surface area contributed by atoms with Crippen molar-refractivity contribution in [2.24, 2.45) is 0 Å². The Morgan fingerprint density at radius 2 is 1.87 bits per heavy atom. The van der Waals surface area contributed by atoms with Crippen LogP contribution in [0.3, 0.4) is 0 Å². The van der Waals surface area contributed by atoms with Crippen molar-refractivity contribution >= 4 is 17.7 Å². The number of ether oxygens (including phenoxy) is 1. The number of para-hydroxylation sites is 1. The second-order valence-corrected chi connectivity index (χ2v) is 6.52. The molecular weight excluding hydrogens is 306 g/mol. The molecule has 2 rings (SSSR count).